The quantitative estimate of drug-likeness (QED) is 0.600. The van der Waals surface area contributed by atoms with Crippen molar-refractivity contribution in [3.63, 3.8) is 0 Å². The zero-order valence-corrected chi connectivity index (χ0v) is 15.3. The lowest BCUT2D eigenvalue weighted by atomic mass is 9.82. The molecule has 1 aromatic carbocycles. The zero-order valence-electron chi connectivity index (χ0n) is 15.3. The normalized spacial score (nSPS) is 15.9. The first-order valence-electron chi connectivity index (χ1n) is 8.85. The third-order valence-corrected chi connectivity index (χ3v) is 4.73. The van der Waals surface area contributed by atoms with E-state index >= 15 is 0 Å². The molecule has 3 aromatic rings. The Bertz CT molecular complexity index is 1240. The minimum absolute atomic E-state index is 0.207. The minimum atomic E-state index is -0.694. The molecule has 0 unspecified atom stereocenters. The number of hydrogen-bond donors (Lipinski definition) is 3. The van der Waals surface area contributed by atoms with Crippen LogP contribution in [0.2, 0.25) is 0 Å². The number of hydrogen-bond acceptors (Lipinski definition) is 6. The lowest BCUT2D eigenvalue weighted by Gasteiger charge is -2.28. The van der Waals surface area contributed by atoms with Gasteiger partial charge in [-0.05, 0) is 37.6 Å². The van der Waals surface area contributed by atoms with E-state index in [0.717, 1.165) is 16.5 Å². The first-order valence-corrected chi connectivity index (χ1v) is 8.85. The Balaban J connectivity index is 2.00. The number of aromatic amines is 2. The molecule has 0 radical (unpaired) electrons. The van der Waals surface area contributed by atoms with Crippen molar-refractivity contribution < 1.29 is 9.53 Å². The SMILES string of the molecule is CCOC(=O)C1=C(C)Nc2[nH]c(=O)[nH]c(=O)c2[C@@H]1c1ccc2ncccc2c1. The number of aromatic nitrogens is 3. The van der Waals surface area contributed by atoms with E-state index in [0.29, 0.717) is 11.3 Å². The number of anilines is 1. The molecule has 142 valence electrons. The van der Waals surface area contributed by atoms with Crippen LogP contribution in [0.1, 0.15) is 30.9 Å². The summed E-state index contributed by atoms with van der Waals surface area (Å²) < 4.78 is 5.24. The van der Waals surface area contributed by atoms with E-state index in [4.69, 9.17) is 4.74 Å². The molecule has 0 saturated carbocycles. The highest BCUT2D eigenvalue weighted by Gasteiger charge is 2.36. The van der Waals surface area contributed by atoms with Gasteiger partial charge in [-0.1, -0.05) is 12.1 Å². The van der Waals surface area contributed by atoms with Crippen LogP contribution in [0.4, 0.5) is 5.82 Å². The molecule has 1 aliphatic rings. The van der Waals surface area contributed by atoms with Crippen molar-refractivity contribution in [1.29, 1.82) is 0 Å². The van der Waals surface area contributed by atoms with Crippen LogP contribution >= 0.6 is 0 Å². The fourth-order valence-corrected chi connectivity index (χ4v) is 3.57. The fourth-order valence-electron chi connectivity index (χ4n) is 3.57. The number of fused-ring (bicyclic) bond motifs is 2. The second-order valence-electron chi connectivity index (χ2n) is 6.47. The Hall–Kier alpha value is -3.68. The molecule has 0 fully saturated rings. The van der Waals surface area contributed by atoms with Crippen LogP contribution in [0.3, 0.4) is 0 Å². The van der Waals surface area contributed by atoms with Gasteiger partial charge in [-0.3, -0.25) is 19.7 Å². The predicted molar refractivity (Wildman–Crippen MR) is 104 cm³/mol. The van der Waals surface area contributed by atoms with E-state index in [1.54, 1.807) is 20.0 Å². The van der Waals surface area contributed by atoms with Crippen molar-refractivity contribution >= 4 is 22.7 Å². The van der Waals surface area contributed by atoms with Gasteiger partial charge in [0.25, 0.3) is 5.56 Å². The molecule has 8 nitrogen and oxygen atoms in total. The highest BCUT2D eigenvalue weighted by atomic mass is 16.5. The van der Waals surface area contributed by atoms with Crippen LogP contribution < -0.4 is 16.6 Å². The first kappa shape index (κ1) is 17.7. The number of H-pyrrole nitrogens is 2. The van der Waals surface area contributed by atoms with Crippen LogP contribution in [0.25, 0.3) is 10.9 Å². The Morgan fingerprint density at radius 2 is 2.04 bits per heavy atom. The summed E-state index contributed by atoms with van der Waals surface area (Å²) in [6, 6.07) is 9.28. The summed E-state index contributed by atoms with van der Waals surface area (Å²) in [6.07, 6.45) is 1.70. The van der Waals surface area contributed by atoms with Crippen LogP contribution in [0.5, 0.6) is 0 Å². The summed E-state index contributed by atoms with van der Waals surface area (Å²) >= 11 is 0. The summed E-state index contributed by atoms with van der Waals surface area (Å²) in [4.78, 5) is 46.3. The van der Waals surface area contributed by atoms with Crippen molar-refractivity contribution in [2.45, 2.75) is 19.8 Å². The molecule has 0 bridgehead atoms. The van der Waals surface area contributed by atoms with Gasteiger partial charge in [-0.2, -0.15) is 0 Å². The largest absolute Gasteiger partial charge is 0.463 e. The van der Waals surface area contributed by atoms with Gasteiger partial charge >= 0.3 is 11.7 Å². The molecule has 1 aliphatic heterocycles. The molecular formula is C20H18N4O4. The topological polar surface area (TPSA) is 117 Å². The number of allylic oxidation sites excluding steroid dienone is 1. The lowest BCUT2D eigenvalue weighted by Crippen LogP contribution is -2.35. The molecule has 0 saturated heterocycles. The molecular weight excluding hydrogens is 360 g/mol. The maximum absolute atomic E-state index is 12.7. The maximum atomic E-state index is 12.7. The van der Waals surface area contributed by atoms with E-state index in [1.165, 1.54) is 0 Å². The number of nitrogens with one attached hydrogen (secondary N) is 3. The van der Waals surface area contributed by atoms with Gasteiger partial charge in [0.15, 0.2) is 0 Å². The molecule has 0 spiro atoms. The van der Waals surface area contributed by atoms with Crippen molar-refractivity contribution in [3.05, 3.63) is 79.8 Å². The molecule has 4 rings (SSSR count). The monoisotopic (exact) mass is 378 g/mol. The van der Waals surface area contributed by atoms with Crippen molar-refractivity contribution in [3.8, 4) is 0 Å². The molecule has 0 aliphatic carbocycles. The maximum Gasteiger partial charge on any atom is 0.336 e. The van der Waals surface area contributed by atoms with Crippen LogP contribution in [-0.4, -0.2) is 27.5 Å². The van der Waals surface area contributed by atoms with Crippen LogP contribution in [0, 0.1) is 0 Å². The summed E-state index contributed by atoms with van der Waals surface area (Å²) in [5.74, 6) is -0.934. The average Bonchev–Trinajstić information content (AvgIpc) is 2.66. The Kier molecular flexibility index (Phi) is 4.31. The highest BCUT2D eigenvalue weighted by molar-refractivity contribution is 5.94. The van der Waals surface area contributed by atoms with Gasteiger partial charge in [-0.25, -0.2) is 9.59 Å². The van der Waals surface area contributed by atoms with E-state index in [-0.39, 0.29) is 18.0 Å². The third kappa shape index (κ3) is 2.88. The van der Waals surface area contributed by atoms with Gasteiger partial charge in [0, 0.05) is 17.3 Å². The number of pyridine rings is 1. The molecule has 3 heterocycles. The fraction of sp³-hybridized carbons (Fsp3) is 0.200. The second kappa shape index (κ2) is 6.80. The van der Waals surface area contributed by atoms with E-state index < -0.39 is 23.1 Å². The number of carbonyl (C=O) groups excluding carboxylic acids is 1. The summed E-state index contributed by atoms with van der Waals surface area (Å²) in [7, 11) is 0. The van der Waals surface area contributed by atoms with Gasteiger partial charge in [0.2, 0.25) is 0 Å². The van der Waals surface area contributed by atoms with Crippen molar-refractivity contribution in [2.24, 2.45) is 0 Å². The molecule has 28 heavy (non-hydrogen) atoms. The number of ether oxygens (including phenoxy) is 1. The summed E-state index contributed by atoms with van der Waals surface area (Å²) in [5, 5.41) is 3.84. The second-order valence-corrected chi connectivity index (χ2v) is 6.47. The average molecular weight is 378 g/mol. The molecule has 3 N–H and O–H groups in total. The zero-order chi connectivity index (χ0) is 19.8. The Labute approximate surface area is 159 Å². The van der Waals surface area contributed by atoms with Gasteiger partial charge in [-0.15, -0.1) is 0 Å². The van der Waals surface area contributed by atoms with Gasteiger partial charge in [0.1, 0.15) is 5.82 Å². The van der Waals surface area contributed by atoms with Crippen LogP contribution in [0.15, 0.2) is 57.4 Å². The number of benzene rings is 1. The molecule has 2 aromatic heterocycles. The summed E-state index contributed by atoms with van der Waals surface area (Å²) in [6.45, 7) is 3.64. The Morgan fingerprint density at radius 1 is 1.21 bits per heavy atom. The number of rotatable bonds is 3. The van der Waals surface area contributed by atoms with Gasteiger partial charge in [0.05, 0.1) is 29.2 Å². The van der Waals surface area contributed by atoms with Crippen molar-refractivity contribution in [1.82, 2.24) is 15.0 Å². The standard InChI is InChI=1S/C20H18N4O4/c1-3-28-19(26)14-10(2)22-17-16(18(25)24-20(27)23-17)15(14)12-6-7-13-11(9-12)5-4-8-21-13/h4-9,15H,3H2,1-2H3,(H3,22,23,24,25,27)/t15-/m1/s1. The lowest BCUT2D eigenvalue weighted by molar-refractivity contribution is -0.138. The third-order valence-electron chi connectivity index (χ3n) is 4.73. The molecule has 1 atom stereocenters. The number of esters is 1. The minimum Gasteiger partial charge on any atom is -0.463 e. The Morgan fingerprint density at radius 3 is 2.82 bits per heavy atom. The number of nitrogens with zero attached hydrogens (tertiary/aromatic N) is 1. The number of carbonyl (C=O) groups is 1. The molecule has 0 amide bonds. The summed E-state index contributed by atoms with van der Waals surface area (Å²) in [5.41, 5.74) is 1.45. The van der Waals surface area contributed by atoms with Crippen molar-refractivity contribution in [2.75, 3.05) is 11.9 Å². The first-order chi connectivity index (χ1) is 13.5. The van der Waals surface area contributed by atoms with E-state index in [1.807, 2.05) is 30.3 Å². The van der Waals surface area contributed by atoms with Gasteiger partial charge < -0.3 is 10.1 Å². The predicted octanol–water partition coefficient (Wildman–Crippen LogP) is 2.01. The van der Waals surface area contributed by atoms with E-state index in [9.17, 15) is 14.4 Å². The molecule has 8 heteroatoms. The van der Waals surface area contributed by atoms with E-state index in [2.05, 4.69) is 20.3 Å². The van der Waals surface area contributed by atoms with Crippen LogP contribution in [-0.2, 0) is 9.53 Å². The highest BCUT2D eigenvalue weighted by Crippen LogP contribution is 2.39. The smallest absolute Gasteiger partial charge is 0.336 e.